The number of thioether (sulfide) groups is 1. The number of carbonyl (C=O) groups excluding carboxylic acids is 1. The van der Waals surface area contributed by atoms with Crippen molar-refractivity contribution in [1.82, 2.24) is 0 Å². The molecule has 0 spiro atoms. The lowest BCUT2D eigenvalue weighted by Crippen LogP contribution is -2.17. The Morgan fingerprint density at radius 3 is 2.43 bits per heavy atom. The van der Waals surface area contributed by atoms with Gasteiger partial charge in [0.25, 0.3) is 0 Å². The molecule has 0 aromatic heterocycles. The van der Waals surface area contributed by atoms with Crippen LogP contribution in [0.5, 0.6) is 0 Å². The Labute approximate surface area is 145 Å². The Morgan fingerprint density at radius 1 is 1.13 bits per heavy atom. The smallest absolute Gasteiger partial charge is 0.234 e. The Morgan fingerprint density at radius 2 is 1.83 bits per heavy atom. The highest BCUT2D eigenvalue weighted by atomic mass is 35.5. The van der Waals surface area contributed by atoms with E-state index in [0.29, 0.717) is 5.02 Å². The fraction of sp³-hybridized carbons (Fsp3) is 0.278. The zero-order valence-corrected chi connectivity index (χ0v) is 14.7. The lowest BCUT2D eigenvalue weighted by molar-refractivity contribution is -0.113. The molecule has 5 heteroatoms. The quantitative estimate of drug-likeness (QED) is 0.712. The maximum Gasteiger partial charge on any atom is 0.234 e. The lowest BCUT2D eigenvalue weighted by Gasteiger charge is -2.16. The first-order valence-corrected chi connectivity index (χ1v) is 8.90. The van der Waals surface area contributed by atoms with E-state index in [-0.39, 0.29) is 17.5 Å². The van der Waals surface area contributed by atoms with Gasteiger partial charge in [-0.1, -0.05) is 31.5 Å². The topological polar surface area (TPSA) is 29.1 Å². The van der Waals surface area contributed by atoms with Crippen LogP contribution in [0.25, 0.3) is 0 Å². The molecule has 0 saturated carbocycles. The predicted octanol–water partition coefficient (Wildman–Crippen LogP) is 5.33. The number of anilines is 1. The normalized spacial score (nSPS) is 10.6. The molecule has 23 heavy (non-hydrogen) atoms. The maximum absolute atomic E-state index is 12.9. The molecule has 0 heterocycles. The van der Waals surface area contributed by atoms with Crippen molar-refractivity contribution in [2.24, 2.45) is 0 Å². The molecule has 2 aromatic rings. The third-order valence-corrected chi connectivity index (χ3v) is 4.89. The standard InChI is InChI=1S/C18H19ClFNOS/c1-3-12-5-10-16(19)15(4-2)18(12)21-17(22)11-23-14-8-6-13(20)7-9-14/h5-10H,3-4,11H2,1-2H3,(H,21,22). The molecule has 0 saturated heterocycles. The van der Waals surface area contributed by atoms with Gasteiger partial charge in [-0.15, -0.1) is 11.8 Å². The maximum atomic E-state index is 12.9. The van der Waals surface area contributed by atoms with E-state index in [9.17, 15) is 9.18 Å². The highest BCUT2D eigenvalue weighted by Gasteiger charge is 2.13. The first-order chi connectivity index (χ1) is 11.0. The number of halogens is 2. The third-order valence-electron chi connectivity index (χ3n) is 3.52. The minimum absolute atomic E-state index is 0.0917. The molecule has 0 unspecified atom stereocenters. The van der Waals surface area contributed by atoms with E-state index in [1.807, 2.05) is 26.0 Å². The van der Waals surface area contributed by atoms with Crippen molar-refractivity contribution in [1.29, 1.82) is 0 Å². The van der Waals surface area contributed by atoms with Gasteiger partial charge < -0.3 is 5.32 Å². The number of rotatable bonds is 6. The first-order valence-electron chi connectivity index (χ1n) is 7.53. The van der Waals surface area contributed by atoms with Crippen LogP contribution in [0.1, 0.15) is 25.0 Å². The minimum atomic E-state index is -0.280. The fourth-order valence-electron chi connectivity index (χ4n) is 2.32. The van der Waals surface area contributed by atoms with Crippen LogP contribution in [0.15, 0.2) is 41.3 Å². The molecule has 1 amide bonds. The summed E-state index contributed by atoms with van der Waals surface area (Å²) in [6, 6.07) is 9.94. The molecule has 0 bridgehead atoms. The molecule has 2 rings (SSSR count). The van der Waals surface area contributed by atoms with Gasteiger partial charge >= 0.3 is 0 Å². The van der Waals surface area contributed by atoms with Crippen LogP contribution in [0.4, 0.5) is 10.1 Å². The summed E-state index contributed by atoms with van der Waals surface area (Å²) in [7, 11) is 0. The van der Waals surface area contributed by atoms with E-state index < -0.39 is 0 Å². The summed E-state index contributed by atoms with van der Waals surface area (Å²) in [5, 5.41) is 3.66. The Balaban J connectivity index is 2.07. The van der Waals surface area contributed by atoms with Gasteiger partial charge in [0.15, 0.2) is 0 Å². The number of hydrogen-bond donors (Lipinski definition) is 1. The molecular formula is C18H19ClFNOS. The van der Waals surface area contributed by atoms with E-state index in [1.54, 1.807) is 12.1 Å². The second-order valence-corrected chi connectivity index (χ2v) is 6.51. The average Bonchev–Trinajstić information content (AvgIpc) is 2.55. The van der Waals surface area contributed by atoms with Gasteiger partial charge in [0, 0.05) is 15.6 Å². The zero-order chi connectivity index (χ0) is 16.8. The number of aryl methyl sites for hydroxylation is 1. The van der Waals surface area contributed by atoms with Crippen LogP contribution in [0.2, 0.25) is 5.02 Å². The summed E-state index contributed by atoms with van der Waals surface area (Å²) < 4.78 is 12.9. The molecule has 0 aliphatic heterocycles. The summed E-state index contributed by atoms with van der Waals surface area (Å²) in [5.41, 5.74) is 2.87. The lowest BCUT2D eigenvalue weighted by atomic mass is 10.0. The average molecular weight is 352 g/mol. The van der Waals surface area contributed by atoms with Gasteiger partial charge in [-0.05, 0) is 54.3 Å². The minimum Gasteiger partial charge on any atom is -0.325 e. The second kappa shape index (κ2) is 8.37. The summed E-state index contributed by atoms with van der Waals surface area (Å²) in [6.07, 6.45) is 1.58. The molecule has 122 valence electrons. The molecule has 0 atom stereocenters. The van der Waals surface area contributed by atoms with Crippen molar-refractivity contribution in [2.75, 3.05) is 11.1 Å². The molecule has 0 radical (unpaired) electrons. The van der Waals surface area contributed by atoms with Crippen molar-refractivity contribution in [3.05, 3.63) is 58.4 Å². The largest absolute Gasteiger partial charge is 0.325 e. The molecule has 0 aliphatic rings. The Bertz CT molecular complexity index is 688. The predicted molar refractivity (Wildman–Crippen MR) is 96.0 cm³/mol. The van der Waals surface area contributed by atoms with E-state index in [2.05, 4.69) is 5.32 Å². The summed E-state index contributed by atoms with van der Waals surface area (Å²) in [4.78, 5) is 13.1. The van der Waals surface area contributed by atoms with Crippen LogP contribution in [0.3, 0.4) is 0 Å². The van der Waals surface area contributed by atoms with E-state index in [0.717, 1.165) is 34.6 Å². The summed E-state index contributed by atoms with van der Waals surface area (Å²) in [6.45, 7) is 4.06. The number of carbonyl (C=O) groups is 1. The summed E-state index contributed by atoms with van der Waals surface area (Å²) in [5.74, 6) is -0.103. The second-order valence-electron chi connectivity index (χ2n) is 5.06. The van der Waals surface area contributed by atoms with Gasteiger partial charge in [-0.3, -0.25) is 4.79 Å². The third kappa shape index (κ3) is 4.72. The van der Waals surface area contributed by atoms with E-state index >= 15 is 0 Å². The highest BCUT2D eigenvalue weighted by Crippen LogP contribution is 2.30. The monoisotopic (exact) mass is 351 g/mol. The Hall–Kier alpha value is -1.52. The highest BCUT2D eigenvalue weighted by molar-refractivity contribution is 8.00. The first kappa shape index (κ1) is 17.8. The van der Waals surface area contributed by atoms with Crippen LogP contribution in [-0.4, -0.2) is 11.7 Å². The molecule has 1 N–H and O–H groups in total. The van der Waals surface area contributed by atoms with Crippen LogP contribution < -0.4 is 5.32 Å². The number of benzene rings is 2. The van der Waals surface area contributed by atoms with Crippen molar-refractivity contribution in [3.8, 4) is 0 Å². The van der Waals surface area contributed by atoms with Crippen LogP contribution >= 0.6 is 23.4 Å². The SMILES string of the molecule is CCc1ccc(Cl)c(CC)c1NC(=O)CSc1ccc(F)cc1. The van der Waals surface area contributed by atoms with Crippen molar-refractivity contribution in [2.45, 2.75) is 31.6 Å². The van der Waals surface area contributed by atoms with E-state index in [4.69, 9.17) is 11.6 Å². The van der Waals surface area contributed by atoms with E-state index in [1.165, 1.54) is 23.9 Å². The number of hydrogen-bond acceptors (Lipinski definition) is 2. The number of nitrogens with one attached hydrogen (secondary N) is 1. The van der Waals surface area contributed by atoms with Crippen LogP contribution in [-0.2, 0) is 17.6 Å². The van der Waals surface area contributed by atoms with Crippen LogP contribution in [0, 0.1) is 5.82 Å². The number of amides is 1. The van der Waals surface area contributed by atoms with Gasteiger partial charge in [0.05, 0.1) is 5.75 Å². The van der Waals surface area contributed by atoms with Gasteiger partial charge in [-0.2, -0.15) is 0 Å². The molecule has 0 aliphatic carbocycles. The zero-order valence-electron chi connectivity index (χ0n) is 13.2. The van der Waals surface area contributed by atoms with Crippen molar-refractivity contribution in [3.63, 3.8) is 0 Å². The Kier molecular flexibility index (Phi) is 6.48. The van der Waals surface area contributed by atoms with Gasteiger partial charge in [0.2, 0.25) is 5.91 Å². The van der Waals surface area contributed by atoms with Crippen molar-refractivity contribution < 1.29 is 9.18 Å². The molecule has 0 fully saturated rings. The summed E-state index contributed by atoms with van der Waals surface area (Å²) >= 11 is 7.61. The molecule has 2 aromatic carbocycles. The van der Waals surface area contributed by atoms with Gasteiger partial charge in [-0.25, -0.2) is 4.39 Å². The molecule has 2 nitrogen and oxygen atoms in total. The van der Waals surface area contributed by atoms with Crippen molar-refractivity contribution >= 4 is 35.0 Å². The van der Waals surface area contributed by atoms with Gasteiger partial charge in [0.1, 0.15) is 5.82 Å². The molecular weight excluding hydrogens is 333 g/mol. The fourth-order valence-corrected chi connectivity index (χ4v) is 3.31.